The quantitative estimate of drug-likeness (QED) is 0.295. The zero-order valence-corrected chi connectivity index (χ0v) is 12.9. The van der Waals surface area contributed by atoms with Crippen molar-refractivity contribution in [1.29, 1.82) is 0 Å². The third kappa shape index (κ3) is 10.3. The minimum Gasteiger partial charge on any atom is -0.548 e. The van der Waals surface area contributed by atoms with E-state index in [4.69, 9.17) is 4.43 Å². The van der Waals surface area contributed by atoms with Crippen LogP contribution in [-0.2, 0) is 4.43 Å². The average molecular weight is 242 g/mol. The van der Waals surface area contributed by atoms with Crippen LogP contribution in [0.4, 0.5) is 0 Å². The van der Waals surface area contributed by atoms with E-state index in [1.807, 2.05) is 0 Å². The summed E-state index contributed by atoms with van der Waals surface area (Å²) in [6.45, 7) is 11.1. The summed E-state index contributed by atoms with van der Waals surface area (Å²) in [5.74, 6) is 1.22. The zero-order chi connectivity index (χ0) is 12.4. The summed E-state index contributed by atoms with van der Waals surface area (Å²) < 4.78 is 6.01. The summed E-state index contributed by atoms with van der Waals surface area (Å²) in [5, 5.41) is 0. The van der Waals surface area contributed by atoms with Gasteiger partial charge in [0.2, 0.25) is 8.32 Å². The number of hydrogen-bond acceptors (Lipinski definition) is 1. The Morgan fingerprint density at radius 1 is 1.00 bits per heavy atom. The first-order chi connectivity index (χ1) is 7.49. The Morgan fingerprint density at radius 3 is 2.06 bits per heavy atom. The van der Waals surface area contributed by atoms with E-state index in [0.717, 1.165) is 6.42 Å². The molecule has 0 atom stereocenters. The van der Waals surface area contributed by atoms with Crippen molar-refractivity contribution in [3.05, 3.63) is 11.8 Å². The molecule has 0 aromatic heterocycles. The van der Waals surface area contributed by atoms with Crippen LogP contribution < -0.4 is 0 Å². The Kier molecular flexibility index (Phi) is 8.72. The van der Waals surface area contributed by atoms with Crippen LogP contribution in [0, 0.1) is 0 Å². The van der Waals surface area contributed by atoms with E-state index in [0.29, 0.717) is 0 Å². The van der Waals surface area contributed by atoms with Gasteiger partial charge in [-0.05, 0) is 33.0 Å². The standard InChI is InChI=1S/C14H30OSi/c1-6-8-9-10-11-12-13-14(7-2)15-16(3,4)5/h7H,6,8-13H2,1-5H3. The van der Waals surface area contributed by atoms with Crippen molar-refractivity contribution in [1.82, 2.24) is 0 Å². The molecule has 0 rings (SSSR count). The molecule has 1 nitrogen and oxygen atoms in total. The molecule has 0 aromatic rings. The Morgan fingerprint density at radius 2 is 1.56 bits per heavy atom. The lowest BCUT2D eigenvalue weighted by atomic mass is 10.1. The van der Waals surface area contributed by atoms with Crippen LogP contribution in [0.3, 0.4) is 0 Å². The minimum absolute atomic E-state index is 1.13. The van der Waals surface area contributed by atoms with Crippen molar-refractivity contribution in [2.45, 2.75) is 78.4 Å². The molecule has 0 amide bonds. The lowest BCUT2D eigenvalue weighted by molar-refractivity contribution is 0.390. The van der Waals surface area contributed by atoms with E-state index in [1.54, 1.807) is 0 Å². The Labute approximate surface area is 103 Å². The summed E-state index contributed by atoms with van der Waals surface area (Å²) in [4.78, 5) is 0. The second-order valence-electron chi connectivity index (χ2n) is 5.49. The normalized spacial score (nSPS) is 12.9. The SMILES string of the molecule is CC=C(CCCCCCCC)O[Si](C)(C)C. The Bertz CT molecular complexity index is 191. The van der Waals surface area contributed by atoms with Gasteiger partial charge in [0.1, 0.15) is 0 Å². The van der Waals surface area contributed by atoms with Crippen molar-refractivity contribution in [2.24, 2.45) is 0 Å². The van der Waals surface area contributed by atoms with Crippen molar-refractivity contribution >= 4 is 8.32 Å². The van der Waals surface area contributed by atoms with Crippen LogP contribution in [-0.4, -0.2) is 8.32 Å². The van der Waals surface area contributed by atoms with Crippen LogP contribution in [0.1, 0.15) is 58.8 Å². The third-order valence-corrected chi connectivity index (χ3v) is 3.41. The van der Waals surface area contributed by atoms with E-state index >= 15 is 0 Å². The second kappa shape index (κ2) is 8.86. The molecule has 0 saturated carbocycles. The van der Waals surface area contributed by atoms with Crippen LogP contribution in [0.15, 0.2) is 11.8 Å². The molecule has 0 aliphatic carbocycles. The highest BCUT2D eigenvalue weighted by molar-refractivity contribution is 6.70. The maximum absolute atomic E-state index is 6.01. The molecule has 0 saturated heterocycles. The van der Waals surface area contributed by atoms with E-state index in [-0.39, 0.29) is 0 Å². The average Bonchev–Trinajstić information content (AvgIpc) is 2.19. The molecule has 0 bridgehead atoms. The smallest absolute Gasteiger partial charge is 0.241 e. The van der Waals surface area contributed by atoms with Crippen LogP contribution in [0.5, 0.6) is 0 Å². The van der Waals surface area contributed by atoms with Gasteiger partial charge < -0.3 is 4.43 Å². The van der Waals surface area contributed by atoms with Gasteiger partial charge >= 0.3 is 0 Å². The lowest BCUT2D eigenvalue weighted by Crippen LogP contribution is -2.24. The summed E-state index contributed by atoms with van der Waals surface area (Å²) >= 11 is 0. The fourth-order valence-corrected chi connectivity index (χ4v) is 2.73. The largest absolute Gasteiger partial charge is 0.548 e. The summed E-state index contributed by atoms with van der Waals surface area (Å²) in [6, 6.07) is 0. The van der Waals surface area contributed by atoms with Gasteiger partial charge in [-0.1, -0.05) is 45.1 Å². The highest BCUT2D eigenvalue weighted by atomic mass is 28.4. The summed E-state index contributed by atoms with van der Waals surface area (Å²) in [6.07, 6.45) is 11.4. The number of unbranched alkanes of at least 4 members (excludes halogenated alkanes) is 5. The van der Waals surface area contributed by atoms with Gasteiger partial charge in [-0.15, -0.1) is 0 Å². The van der Waals surface area contributed by atoms with Gasteiger partial charge in [-0.3, -0.25) is 0 Å². The molecule has 0 unspecified atom stereocenters. The third-order valence-electron chi connectivity index (χ3n) is 2.54. The second-order valence-corrected chi connectivity index (χ2v) is 9.92. The van der Waals surface area contributed by atoms with Gasteiger partial charge in [0.25, 0.3) is 0 Å². The first kappa shape index (κ1) is 15.8. The fourth-order valence-electron chi connectivity index (χ4n) is 1.73. The zero-order valence-electron chi connectivity index (χ0n) is 11.9. The lowest BCUT2D eigenvalue weighted by Gasteiger charge is -2.21. The molecular weight excluding hydrogens is 212 g/mol. The predicted octanol–water partition coefficient (Wildman–Crippen LogP) is 5.49. The van der Waals surface area contributed by atoms with E-state index in [2.05, 4.69) is 39.6 Å². The molecule has 0 aromatic carbocycles. The molecule has 16 heavy (non-hydrogen) atoms. The van der Waals surface area contributed by atoms with Gasteiger partial charge in [0.05, 0.1) is 5.76 Å². The van der Waals surface area contributed by atoms with Crippen LogP contribution in [0.25, 0.3) is 0 Å². The van der Waals surface area contributed by atoms with E-state index in [1.165, 1.54) is 44.3 Å². The molecule has 0 spiro atoms. The molecule has 0 fully saturated rings. The van der Waals surface area contributed by atoms with Crippen LogP contribution in [0.2, 0.25) is 19.6 Å². The Hall–Kier alpha value is -0.243. The van der Waals surface area contributed by atoms with E-state index in [9.17, 15) is 0 Å². The monoisotopic (exact) mass is 242 g/mol. The number of hydrogen-bond donors (Lipinski definition) is 0. The molecule has 0 aliphatic rings. The van der Waals surface area contributed by atoms with Crippen LogP contribution >= 0.6 is 0 Å². The number of rotatable bonds is 9. The first-order valence-corrected chi connectivity index (χ1v) is 10.2. The maximum atomic E-state index is 6.01. The maximum Gasteiger partial charge on any atom is 0.241 e. The van der Waals surface area contributed by atoms with Gasteiger partial charge in [0.15, 0.2) is 0 Å². The fraction of sp³-hybridized carbons (Fsp3) is 0.857. The molecule has 2 heteroatoms. The van der Waals surface area contributed by atoms with Crippen molar-refractivity contribution in [3.8, 4) is 0 Å². The van der Waals surface area contributed by atoms with Gasteiger partial charge in [0, 0.05) is 6.42 Å². The van der Waals surface area contributed by atoms with Crippen molar-refractivity contribution < 1.29 is 4.43 Å². The van der Waals surface area contributed by atoms with Crippen molar-refractivity contribution in [3.63, 3.8) is 0 Å². The summed E-state index contributed by atoms with van der Waals surface area (Å²) in [5.41, 5.74) is 0. The highest BCUT2D eigenvalue weighted by Crippen LogP contribution is 2.17. The molecule has 96 valence electrons. The molecular formula is C14H30OSi. The first-order valence-electron chi connectivity index (χ1n) is 6.83. The van der Waals surface area contributed by atoms with E-state index < -0.39 is 8.32 Å². The van der Waals surface area contributed by atoms with Gasteiger partial charge in [-0.25, -0.2) is 0 Å². The predicted molar refractivity (Wildman–Crippen MR) is 76.2 cm³/mol. The topological polar surface area (TPSA) is 9.23 Å². The highest BCUT2D eigenvalue weighted by Gasteiger charge is 2.16. The minimum atomic E-state index is -1.39. The van der Waals surface area contributed by atoms with Gasteiger partial charge in [-0.2, -0.15) is 0 Å². The summed E-state index contributed by atoms with van der Waals surface area (Å²) in [7, 11) is -1.39. The van der Waals surface area contributed by atoms with Crippen molar-refractivity contribution in [2.75, 3.05) is 0 Å². The molecule has 0 aliphatic heterocycles. The number of allylic oxidation sites excluding steroid dienone is 2. The molecule has 0 heterocycles. The Balaban J connectivity index is 3.58. The molecule has 0 N–H and O–H groups in total. The molecule has 0 radical (unpaired) electrons.